The highest BCUT2D eigenvalue weighted by atomic mass is 16.1. The van der Waals surface area contributed by atoms with Gasteiger partial charge in [0.1, 0.15) is 6.07 Å². The Hall–Kier alpha value is -2.73. The predicted molar refractivity (Wildman–Crippen MR) is 73.9 cm³/mol. The van der Waals surface area contributed by atoms with Gasteiger partial charge in [-0.05, 0) is 36.3 Å². The standard InChI is InChI=1S/C16H12N2O/c1-12(19)16(10-17)9-13-4-2-5-14(8-13)15-6-3-7-18-11-15/h2-9,11H,1H3/b16-9+. The van der Waals surface area contributed by atoms with E-state index in [1.807, 2.05) is 42.5 Å². The van der Waals surface area contributed by atoms with Crippen molar-refractivity contribution in [3.8, 4) is 17.2 Å². The highest BCUT2D eigenvalue weighted by Gasteiger charge is 2.03. The van der Waals surface area contributed by atoms with Crippen molar-refractivity contribution >= 4 is 11.9 Å². The first kappa shape index (κ1) is 12.7. The number of Topliss-reactive ketones (excluding diaryl/α,β-unsaturated/α-hetero) is 1. The smallest absolute Gasteiger partial charge is 0.170 e. The summed E-state index contributed by atoms with van der Waals surface area (Å²) in [5.74, 6) is -0.228. The first-order valence-corrected chi connectivity index (χ1v) is 5.84. The second-order valence-corrected chi connectivity index (χ2v) is 4.09. The monoisotopic (exact) mass is 248 g/mol. The summed E-state index contributed by atoms with van der Waals surface area (Å²) in [5, 5.41) is 8.89. The molecule has 0 amide bonds. The maximum absolute atomic E-state index is 11.2. The molecule has 0 aliphatic carbocycles. The van der Waals surface area contributed by atoms with Crippen LogP contribution < -0.4 is 0 Å². The third kappa shape index (κ3) is 3.14. The lowest BCUT2D eigenvalue weighted by molar-refractivity contribution is -0.113. The number of hydrogen-bond donors (Lipinski definition) is 0. The van der Waals surface area contributed by atoms with E-state index in [9.17, 15) is 4.79 Å². The van der Waals surface area contributed by atoms with E-state index in [0.717, 1.165) is 16.7 Å². The van der Waals surface area contributed by atoms with E-state index < -0.39 is 0 Å². The SMILES string of the molecule is CC(=O)/C(C#N)=C/c1cccc(-c2cccnc2)c1. The van der Waals surface area contributed by atoms with Crippen LogP contribution >= 0.6 is 0 Å². The van der Waals surface area contributed by atoms with Crippen LogP contribution in [0.1, 0.15) is 12.5 Å². The average molecular weight is 248 g/mol. The van der Waals surface area contributed by atoms with Crippen LogP contribution in [-0.2, 0) is 4.79 Å². The van der Waals surface area contributed by atoms with Crippen LogP contribution in [0.2, 0.25) is 0 Å². The highest BCUT2D eigenvalue weighted by molar-refractivity contribution is 6.01. The molecule has 1 aromatic heterocycles. The molecule has 3 heteroatoms. The van der Waals surface area contributed by atoms with Crippen molar-refractivity contribution in [2.75, 3.05) is 0 Å². The molecule has 1 heterocycles. The lowest BCUT2D eigenvalue weighted by atomic mass is 10.0. The van der Waals surface area contributed by atoms with Gasteiger partial charge < -0.3 is 0 Å². The maximum atomic E-state index is 11.2. The highest BCUT2D eigenvalue weighted by Crippen LogP contribution is 2.20. The molecule has 1 aromatic carbocycles. The Labute approximate surface area is 111 Å². The molecule has 2 rings (SSSR count). The van der Waals surface area contributed by atoms with Gasteiger partial charge in [-0.2, -0.15) is 5.26 Å². The first-order valence-electron chi connectivity index (χ1n) is 5.84. The number of aromatic nitrogens is 1. The summed E-state index contributed by atoms with van der Waals surface area (Å²) in [7, 11) is 0. The minimum absolute atomic E-state index is 0.156. The van der Waals surface area contributed by atoms with Crippen molar-refractivity contribution < 1.29 is 4.79 Å². The molecule has 0 saturated heterocycles. The van der Waals surface area contributed by atoms with E-state index in [2.05, 4.69) is 4.98 Å². The van der Waals surface area contributed by atoms with Gasteiger partial charge in [0, 0.05) is 18.0 Å². The quantitative estimate of drug-likeness (QED) is 0.619. The van der Waals surface area contributed by atoms with E-state index in [0.29, 0.717) is 0 Å². The zero-order valence-electron chi connectivity index (χ0n) is 10.5. The molecule has 0 spiro atoms. The van der Waals surface area contributed by atoms with Crippen molar-refractivity contribution in [3.05, 3.63) is 59.9 Å². The molecule has 92 valence electrons. The van der Waals surface area contributed by atoms with Crippen LogP contribution in [0.4, 0.5) is 0 Å². The Balaban J connectivity index is 2.41. The molecule has 0 atom stereocenters. The summed E-state index contributed by atoms with van der Waals surface area (Å²) < 4.78 is 0. The van der Waals surface area contributed by atoms with Crippen molar-refractivity contribution in [2.45, 2.75) is 6.92 Å². The number of rotatable bonds is 3. The summed E-state index contributed by atoms with van der Waals surface area (Å²) in [6.45, 7) is 1.39. The zero-order valence-corrected chi connectivity index (χ0v) is 10.5. The third-order valence-corrected chi connectivity index (χ3v) is 2.69. The van der Waals surface area contributed by atoms with Gasteiger partial charge in [0.05, 0.1) is 5.57 Å². The van der Waals surface area contributed by atoms with Gasteiger partial charge in [0.15, 0.2) is 5.78 Å². The van der Waals surface area contributed by atoms with E-state index in [1.165, 1.54) is 6.92 Å². The van der Waals surface area contributed by atoms with Gasteiger partial charge in [0.25, 0.3) is 0 Å². The Morgan fingerprint density at radius 3 is 2.68 bits per heavy atom. The average Bonchev–Trinajstić information content (AvgIpc) is 2.45. The Morgan fingerprint density at radius 1 is 1.26 bits per heavy atom. The molecule has 3 nitrogen and oxygen atoms in total. The van der Waals surface area contributed by atoms with Crippen molar-refractivity contribution in [2.24, 2.45) is 0 Å². The first-order chi connectivity index (χ1) is 9.20. The van der Waals surface area contributed by atoms with Gasteiger partial charge in [-0.15, -0.1) is 0 Å². The van der Waals surface area contributed by atoms with Gasteiger partial charge in [-0.3, -0.25) is 9.78 Å². The zero-order chi connectivity index (χ0) is 13.7. The molecule has 0 unspecified atom stereocenters. The number of allylic oxidation sites excluding steroid dienone is 1. The van der Waals surface area contributed by atoms with Crippen molar-refractivity contribution in [1.82, 2.24) is 4.98 Å². The molecule has 0 aliphatic heterocycles. The van der Waals surface area contributed by atoms with Crippen LogP contribution in [0.25, 0.3) is 17.2 Å². The summed E-state index contributed by atoms with van der Waals surface area (Å²) in [5.41, 5.74) is 2.98. The number of ketones is 1. The van der Waals surface area contributed by atoms with Gasteiger partial charge in [-0.1, -0.05) is 24.3 Å². The van der Waals surface area contributed by atoms with E-state index in [-0.39, 0.29) is 11.4 Å². The minimum Gasteiger partial charge on any atom is -0.294 e. The van der Waals surface area contributed by atoms with Crippen LogP contribution in [0.5, 0.6) is 0 Å². The molecular weight excluding hydrogens is 236 g/mol. The van der Waals surface area contributed by atoms with E-state index in [4.69, 9.17) is 5.26 Å². The molecule has 2 aromatic rings. The fourth-order valence-electron chi connectivity index (χ4n) is 1.72. The predicted octanol–water partition coefficient (Wildman–Crippen LogP) is 3.24. The normalized spacial score (nSPS) is 10.8. The Morgan fingerprint density at radius 2 is 2.05 bits per heavy atom. The molecule has 0 aliphatic rings. The number of carbonyl (C=O) groups is 1. The molecule has 19 heavy (non-hydrogen) atoms. The Bertz CT molecular complexity index is 667. The number of nitrogens with zero attached hydrogens (tertiary/aromatic N) is 2. The summed E-state index contributed by atoms with van der Waals surface area (Å²) in [4.78, 5) is 15.3. The summed E-state index contributed by atoms with van der Waals surface area (Å²) in [6.07, 6.45) is 5.10. The topological polar surface area (TPSA) is 53.8 Å². The maximum Gasteiger partial charge on any atom is 0.170 e. The number of hydrogen-bond acceptors (Lipinski definition) is 3. The second-order valence-electron chi connectivity index (χ2n) is 4.09. The van der Waals surface area contributed by atoms with E-state index in [1.54, 1.807) is 18.5 Å². The van der Waals surface area contributed by atoms with Gasteiger partial charge in [0.2, 0.25) is 0 Å². The van der Waals surface area contributed by atoms with Crippen LogP contribution in [-0.4, -0.2) is 10.8 Å². The summed E-state index contributed by atoms with van der Waals surface area (Å²) >= 11 is 0. The van der Waals surface area contributed by atoms with Crippen LogP contribution in [0, 0.1) is 11.3 Å². The second kappa shape index (κ2) is 5.74. The van der Waals surface area contributed by atoms with Gasteiger partial charge >= 0.3 is 0 Å². The lowest BCUT2D eigenvalue weighted by Crippen LogP contribution is -1.93. The molecule has 0 fully saturated rings. The Kier molecular flexibility index (Phi) is 3.84. The fourth-order valence-corrected chi connectivity index (χ4v) is 1.72. The largest absolute Gasteiger partial charge is 0.294 e. The third-order valence-electron chi connectivity index (χ3n) is 2.69. The number of benzene rings is 1. The number of nitriles is 1. The number of carbonyl (C=O) groups excluding carboxylic acids is 1. The number of pyridine rings is 1. The summed E-state index contributed by atoms with van der Waals surface area (Å²) in [6, 6.07) is 13.4. The van der Waals surface area contributed by atoms with Gasteiger partial charge in [-0.25, -0.2) is 0 Å². The molecule has 0 bridgehead atoms. The lowest BCUT2D eigenvalue weighted by Gasteiger charge is -2.02. The molecule has 0 radical (unpaired) electrons. The molecule has 0 N–H and O–H groups in total. The van der Waals surface area contributed by atoms with Crippen LogP contribution in [0.15, 0.2) is 54.4 Å². The van der Waals surface area contributed by atoms with Crippen LogP contribution in [0.3, 0.4) is 0 Å². The van der Waals surface area contributed by atoms with Crippen molar-refractivity contribution in [1.29, 1.82) is 5.26 Å². The van der Waals surface area contributed by atoms with Crippen molar-refractivity contribution in [3.63, 3.8) is 0 Å². The van der Waals surface area contributed by atoms with E-state index >= 15 is 0 Å². The molecular formula is C16H12N2O. The minimum atomic E-state index is -0.228. The molecule has 0 saturated carbocycles. The fraction of sp³-hybridized carbons (Fsp3) is 0.0625.